The van der Waals surface area contributed by atoms with E-state index in [2.05, 4.69) is 5.32 Å². The van der Waals surface area contributed by atoms with Gasteiger partial charge < -0.3 is 29.7 Å². The topological polar surface area (TPSA) is 114 Å². The molecule has 0 spiro atoms. The summed E-state index contributed by atoms with van der Waals surface area (Å²) in [6.07, 6.45) is 0. The van der Waals surface area contributed by atoms with Crippen molar-refractivity contribution in [3.63, 3.8) is 0 Å². The third kappa shape index (κ3) is 9.33. The van der Waals surface area contributed by atoms with E-state index in [1.165, 1.54) is 5.56 Å². The van der Waals surface area contributed by atoms with Gasteiger partial charge in [-0.25, -0.2) is 9.59 Å². The molecule has 0 aliphatic rings. The van der Waals surface area contributed by atoms with Crippen molar-refractivity contribution >= 4 is 11.9 Å². The van der Waals surface area contributed by atoms with Crippen molar-refractivity contribution in [3.05, 3.63) is 23.8 Å². The van der Waals surface area contributed by atoms with Crippen LogP contribution in [-0.4, -0.2) is 56.1 Å². The quantitative estimate of drug-likeness (QED) is 0.478. The molecule has 0 unspecified atom stereocenters. The lowest BCUT2D eigenvalue weighted by Gasteiger charge is -2.11. The highest BCUT2D eigenvalue weighted by atomic mass is 16.5. The first-order chi connectivity index (χ1) is 11.0. The van der Waals surface area contributed by atoms with Gasteiger partial charge in [0.15, 0.2) is 11.5 Å². The molecule has 0 amide bonds. The number of carboxylic acids is 2. The summed E-state index contributed by atoms with van der Waals surface area (Å²) in [7, 11) is 3.35. The summed E-state index contributed by atoms with van der Waals surface area (Å²) in [5, 5.41) is 18.1. The monoisotopic (exact) mass is 329 g/mol. The zero-order valence-corrected chi connectivity index (χ0v) is 13.5. The van der Waals surface area contributed by atoms with E-state index < -0.39 is 11.9 Å². The molecule has 130 valence electrons. The van der Waals surface area contributed by atoms with E-state index in [4.69, 9.17) is 34.0 Å². The molecule has 0 saturated heterocycles. The second-order valence-corrected chi connectivity index (χ2v) is 4.20. The molecule has 0 fully saturated rings. The fourth-order valence-corrected chi connectivity index (χ4v) is 1.50. The standard InChI is InChI=1S/C13H21NO3.C2H2O4/c1-4-17-12-6-5-11(9-13(12)16-3)10-14-7-8-15-2;3-1(4)2(5)6/h5-6,9,14H,4,7-8,10H2,1-3H3;(H,3,4)(H,5,6). The van der Waals surface area contributed by atoms with Crippen LogP contribution in [0.4, 0.5) is 0 Å². The molecule has 0 atom stereocenters. The van der Waals surface area contributed by atoms with Crippen LogP contribution in [0.3, 0.4) is 0 Å². The van der Waals surface area contributed by atoms with Gasteiger partial charge in [0.2, 0.25) is 0 Å². The number of methoxy groups -OCH3 is 2. The lowest BCUT2D eigenvalue weighted by atomic mass is 10.2. The number of rotatable bonds is 8. The summed E-state index contributed by atoms with van der Waals surface area (Å²) >= 11 is 0. The van der Waals surface area contributed by atoms with Crippen LogP contribution >= 0.6 is 0 Å². The van der Waals surface area contributed by atoms with Crippen molar-refractivity contribution < 1.29 is 34.0 Å². The molecule has 0 aliphatic carbocycles. The number of aliphatic carboxylic acids is 2. The predicted molar refractivity (Wildman–Crippen MR) is 83.0 cm³/mol. The molecule has 1 rings (SSSR count). The minimum Gasteiger partial charge on any atom is -0.493 e. The Morgan fingerprint density at radius 3 is 2.26 bits per heavy atom. The Hall–Kier alpha value is -2.32. The number of ether oxygens (including phenoxy) is 3. The Bertz CT molecular complexity index is 479. The maximum absolute atomic E-state index is 9.10. The van der Waals surface area contributed by atoms with Gasteiger partial charge in [-0.05, 0) is 24.6 Å². The van der Waals surface area contributed by atoms with Crippen LogP contribution in [0.15, 0.2) is 18.2 Å². The molecule has 23 heavy (non-hydrogen) atoms. The average Bonchev–Trinajstić information content (AvgIpc) is 2.53. The SMILES string of the molecule is CCOc1ccc(CNCCOC)cc1OC.O=C(O)C(=O)O. The van der Waals surface area contributed by atoms with Crippen LogP contribution in [0.2, 0.25) is 0 Å². The van der Waals surface area contributed by atoms with Crippen LogP contribution < -0.4 is 14.8 Å². The molecular formula is C15H23NO7. The van der Waals surface area contributed by atoms with Crippen molar-refractivity contribution in [1.82, 2.24) is 5.32 Å². The third-order valence-corrected chi connectivity index (χ3v) is 2.52. The first-order valence-corrected chi connectivity index (χ1v) is 6.91. The minimum atomic E-state index is -1.82. The van der Waals surface area contributed by atoms with E-state index in [0.717, 1.165) is 24.6 Å². The third-order valence-electron chi connectivity index (χ3n) is 2.52. The van der Waals surface area contributed by atoms with Gasteiger partial charge in [0, 0.05) is 20.2 Å². The second-order valence-electron chi connectivity index (χ2n) is 4.20. The number of carbonyl (C=O) groups is 2. The zero-order valence-electron chi connectivity index (χ0n) is 13.5. The van der Waals surface area contributed by atoms with E-state index in [1.807, 2.05) is 25.1 Å². The fraction of sp³-hybridized carbons (Fsp3) is 0.467. The molecule has 0 bridgehead atoms. The van der Waals surface area contributed by atoms with Gasteiger partial charge >= 0.3 is 11.9 Å². The Morgan fingerprint density at radius 2 is 1.78 bits per heavy atom. The maximum atomic E-state index is 9.10. The lowest BCUT2D eigenvalue weighted by molar-refractivity contribution is -0.159. The van der Waals surface area contributed by atoms with Crippen LogP contribution in [-0.2, 0) is 20.9 Å². The molecule has 8 nitrogen and oxygen atoms in total. The van der Waals surface area contributed by atoms with Gasteiger partial charge in [-0.2, -0.15) is 0 Å². The molecule has 8 heteroatoms. The Morgan fingerprint density at radius 1 is 1.13 bits per heavy atom. The van der Waals surface area contributed by atoms with E-state index in [0.29, 0.717) is 13.2 Å². The number of carboxylic acid groups (broad SMARTS) is 2. The molecule has 0 aliphatic heterocycles. The summed E-state index contributed by atoms with van der Waals surface area (Å²) < 4.78 is 15.7. The first kappa shape index (κ1) is 20.7. The highest BCUT2D eigenvalue weighted by molar-refractivity contribution is 6.27. The Kier molecular flexibility index (Phi) is 11.0. The van der Waals surface area contributed by atoms with Crippen molar-refractivity contribution in [2.75, 3.05) is 34.0 Å². The van der Waals surface area contributed by atoms with Crippen LogP contribution in [0, 0.1) is 0 Å². The van der Waals surface area contributed by atoms with E-state index >= 15 is 0 Å². The van der Waals surface area contributed by atoms with Crippen molar-refractivity contribution in [1.29, 1.82) is 0 Å². The number of hydrogen-bond donors (Lipinski definition) is 3. The summed E-state index contributed by atoms with van der Waals surface area (Å²) in [4.78, 5) is 18.2. The lowest BCUT2D eigenvalue weighted by Crippen LogP contribution is -2.18. The molecule has 1 aromatic rings. The fourth-order valence-electron chi connectivity index (χ4n) is 1.50. The van der Waals surface area contributed by atoms with Gasteiger partial charge in [-0.15, -0.1) is 0 Å². The number of hydrogen-bond acceptors (Lipinski definition) is 6. The highest BCUT2D eigenvalue weighted by Gasteiger charge is 2.05. The van der Waals surface area contributed by atoms with Gasteiger partial charge in [0.05, 0.1) is 20.3 Å². The summed E-state index contributed by atoms with van der Waals surface area (Å²) in [5.74, 6) is -2.08. The van der Waals surface area contributed by atoms with Crippen LogP contribution in [0.25, 0.3) is 0 Å². The van der Waals surface area contributed by atoms with E-state index in [1.54, 1.807) is 14.2 Å². The van der Waals surface area contributed by atoms with Crippen LogP contribution in [0.5, 0.6) is 11.5 Å². The first-order valence-electron chi connectivity index (χ1n) is 6.91. The second kappa shape index (κ2) is 12.2. The molecule has 0 saturated carbocycles. The summed E-state index contributed by atoms with van der Waals surface area (Å²) in [5.41, 5.74) is 1.17. The van der Waals surface area contributed by atoms with Gasteiger partial charge in [-0.3, -0.25) is 0 Å². The molecule has 0 radical (unpaired) electrons. The normalized spacial score (nSPS) is 9.52. The van der Waals surface area contributed by atoms with E-state index in [9.17, 15) is 0 Å². The largest absolute Gasteiger partial charge is 0.493 e. The van der Waals surface area contributed by atoms with Crippen molar-refractivity contribution in [3.8, 4) is 11.5 Å². The van der Waals surface area contributed by atoms with Gasteiger partial charge in [-0.1, -0.05) is 6.07 Å². The summed E-state index contributed by atoms with van der Waals surface area (Å²) in [6.45, 7) is 4.95. The average molecular weight is 329 g/mol. The number of benzene rings is 1. The summed E-state index contributed by atoms with van der Waals surface area (Å²) in [6, 6.07) is 5.97. The molecular weight excluding hydrogens is 306 g/mol. The Balaban J connectivity index is 0.000000688. The van der Waals surface area contributed by atoms with Crippen molar-refractivity contribution in [2.24, 2.45) is 0 Å². The van der Waals surface area contributed by atoms with E-state index in [-0.39, 0.29) is 0 Å². The molecule has 0 heterocycles. The molecule has 0 aromatic heterocycles. The molecule has 1 aromatic carbocycles. The van der Waals surface area contributed by atoms with Crippen LogP contribution in [0.1, 0.15) is 12.5 Å². The zero-order chi connectivity index (χ0) is 17.7. The smallest absolute Gasteiger partial charge is 0.414 e. The predicted octanol–water partition coefficient (Wildman–Crippen LogP) is 0.985. The highest BCUT2D eigenvalue weighted by Crippen LogP contribution is 2.27. The maximum Gasteiger partial charge on any atom is 0.414 e. The van der Waals surface area contributed by atoms with Crippen molar-refractivity contribution in [2.45, 2.75) is 13.5 Å². The Labute approximate surface area is 135 Å². The van der Waals surface area contributed by atoms with Gasteiger partial charge in [0.1, 0.15) is 0 Å². The minimum absolute atomic E-state index is 0.641. The number of nitrogens with one attached hydrogen (secondary N) is 1. The molecule has 3 N–H and O–H groups in total. The van der Waals surface area contributed by atoms with Gasteiger partial charge in [0.25, 0.3) is 0 Å².